The summed E-state index contributed by atoms with van der Waals surface area (Å²) >= 11 is 1.55. The Morgan fingerprint density at radius 3 is 2.77 bits per heavy atom. The van der Waals surface area contributed by atoms with Gasteiger partial charge in [-0.1, -0.05) is 12.1 Å². The standard InChI is InChI=1S/C24H26N6O4S/c1-33-19-10-14(7-8-25-19)27-24-26-11-15(23-29-16-5-3-4-6-18(16)35-23)22(30-24)28-17-9-13(12-31)20(32)21(17)34-2/h3-8,10-11,13,17,20-21,31-32H,9,12H2,1-2H3,(H2,25,26,27,28,30). The largest absolute Gasteiger partial charge is 0.481 e. The summed E-state index contributed by atoms with van der Waals surface area (Å²) in [5.41, 5.74) is 2.36. The van der Waals surface area contributed by atoms with E-state index in [4.69, 9.17) is 19.4 Å². The van der Waals surface area contributed by atoms with Crippen LogP contribution in [0.15, 0.2) is 48.8 Å². The third kappa shape index (κ3) is 4.76. The molecule has 1 aliphatic rings. The van der Waals surface area contributed by atoms with Gasteiger partial charge in [0.1, 0.15) is 16.9 Å². The number of methoxy groups -OCH3 is 2. The molecule has 4 unspecified atom stereocenters. The minimum absolute atomic E-state index is 0.121. The molecule has 4 atom stereocenters. The second-order valence-electron chi connectivity index (χ2n) is 8.27. The molecule has 1 saturated carbocycles. The molecule has 1 fully saturated rings. The molecular weight excluding hydrogens is 468 g/mol. The highest BCUT2D eigenvalue weighted by atomic mass is 32.1. The number of rotatable bonds is 8. The van der Waals surface area contributed by atoms with E-state index in [0.717, 1.165) is 26.5 Å². The molecule has 3 heterocycles. The lowest BCUT2D eigenvalue weighted by molar-refractivity contribution is -0.0200. The van der Waals surface area contributed by atoms with E-state index in [9.17, 15) is 10.2 Å². The van der Waals surface area contributed by atoms with Gasteiger partial charge in [-0.25, -0.2) is 15.0 Å². The van der Waals surface area contributed by atoms with Crippen LogP contribution >= 0.6 is 11.3 Å². The van der Waals surface area contributed by atoms with Gasteiger partial charge in [0.25, 0.3) is 0 Å². The van der Waals surface area contributed by atoms with Crippen LogP contribution in [0.4, 0.5) is 17.5 Å². The van der Waals surface area contributed by atoms with Crippen molar-refractivity contribution < 1.29 is 19.7 Å². The Hall–Kier alpha value is -3.38. The molecule has 182 valence electrons. The maximum Gasteiger partial charge on any atom is 0.229 e. The molecule has 1 aliphatic carbocycles. The van der Waals surface area contributed by atoms with Gasteiger partial charge in [0.05, 0.1) is 35.0 Å². The number of aromatic nitrogens is 4. The normalized spacial score (nSPS) is 21.8. The van der Waals surface area contributed by atoms with Crippen LogP contribution < -0.4 is 15.4 Å². The van der Waals surface area contributed by atoms with Gasteiger partial charge in [0.15, 0.2) is 0 Å². The zero-order valence-corrected chi connectivity index (χ0v) is 20.1. The number of nitrogens with zero attached hydrogens (tertiary/aromatic N) is 4. The quantitative estimate of drug-likeness (QED) is 0.289. The number of anilines is 3. The summed E-state index contributed by atoms with van der Waals surface area (Å²) in [6, 6.07) is 11.2. The highest BCUT2D eigenvalue weighted by Gasteiger charge is 2.43. The van der Waals surface area contributed by atoms with Crippen LogP contribution in [0, 0.1) is 5.92 Å². The highest BCUT2D eigenvalue weighted by Crippen LogP contribution is 2.37. The average molecular weight is 495 g/mol. The predicted octanol–water partition coefficient (Wildman–Crippen LogP) is 3.07. The zero-order chi connectivity index (χ0) is 24.4. The van der Waals surface area contributed by atoms with E-state index in [1.807, 2.05) is 24.3 Å². The molecule has 4 N–H and O–H groups in total. The van der Waals surface area contributed by atoms with E-state index < -0.39 is 12.2 Å². The molecule has 35 heavy (non-hydrogen) atoms. The number of hydrogen-bond acceptors (Lipinski definition) is 11. The van der Waals surface area contributed by atoms with Crippen molar-refractivity contribution in [1.29, 1.82) is 0 Å². The Labute approximate surface area is 206 Å². The summed E-state index contributed by atoms with van der Waals surface area (Å²) in [7, 11) is 3.11. The zero-order valence-electron chi connectivity index (χ0n) is 19.3. The van der Waals surface area contributed by atoms with Crippen LogP contribution in [-0.4, -0.2) is 69.2 Å². The molecule has 0 aliphatic heterocycles. The fourth-order valence-electron chi connectivity index (χ4n) is 4.33. The first-order valence-corrected chi connectivity index (χ1v) is 12.0. The van der Waals surface area contributed by atoms with Crippen LogP contribution in [0.25, 0.3) is 20.8 Å². The molecule has 1 aromatic carbocycles. The number of aliphatic hydroxyl groups is 2. The van der Waals surface area contributed by atoms with Crippen molar-refractivity contribution >= 4 is 39.0 Å². The second-order valence-corrected chi connectivity index (χ2v) is 9.31. The van der Waals surface area contributed by atoms with Gasteiger partial charge in [-0.3, -0.25) is 0 Å². The monoisotopic (exact) mass is 494 g/mol. The summed E-state index contributed by atoms with van der Waals surface area (Å²) in [5.74, 6) is 1.11. The van der Waals surface area contributed by atoms with E-state index in [0.29, 0.717) is 24.1 Å². The maximum absolute atomic E-state index is 10.6. The number of nitrogens with one attached hydrogen (secondary N) is 2. The smallest absolute Gasteiger partial charge is 0.229 e. The first kappa shape index (κ1) is 23.4. The lowest BCUT2D eigenvalue weighted by Gasteiger charge is -2.23. The first-order valence-electron chi connectivity index (χ1n) is 11.2. The molecular formula is C24H26N6O4S. The minimum atomic E-state index is -0.780. The fourth-order valence-corrected chi connectivity index (χ4v) is 5.31. The Balaban J connectivity index is 1.52. The van der Waals surface area contributed by atoms with Crippen molar-refractivity contribution in [3.8, 4) is 16.5 Å². The molecule has 0 spiro atoms. The van der Waals surface area contributed by atoms with Gasteiger partial charge in [0, 0.05) is 43.8 Å². The molecule has 0 radical (unpaired) electrons. The van der Waals surface area contributed by atoms with Crippen molar-refractivity contribution in [3.05, 3.63) is 48.8 Å². The molecule has 0 amide bonds. The van der Waals surface area contributed by atoms with Crippen LogP contribution in [0.2, 0.25) is 0 Å². The number of aliphatic hydroxyl groups excluding tert-OH is 2. The topological polar surface area (TPSA) is 135 Å². The summed E-state index contributed by atoms with van der Waals surface area (Å²) < 4.78 is 11.8. The summed E-state index contributed by atoms with van der Waals surface area (Å²) in [6.45, 7) is -0.121. The van der Waals surface area contributed by atoms with Crippen LogP contribution in [0.3, 0.4) is 0 Å². The van der Waals surface area contributed by atoms with E-state index >= 15 is 0 Å². The minimum Gasteiger partial charge on any atom is -0.481 e. The molecule has 10 nitrogen and oxygen atoms in total. The van der Waals surface area contributed by atoms with Crippen molar-refractivity contribution in [2.24, 2.45) is 5.92 Å². The van der Waals surface area contributed by atoms with Crippen LogP contribution in [-0.2, 0) is 4.74 Å². The van der Waals surface area contributed by atoms with Crippen molar-refractivity contribution in [3.63, 3.8) is 0 Å². The Bertz CT molecular complexity index is 1290. The maximum atomic E-state index is 10.6. The molecule has 5 rings (SSSR count). The van der Waals surface area contributed by atoms with Gasteiger partial charge >= 0.3 is 0 Å². The predicted molar refractivity (Wildman–Crippen MR) is 134 cm³/mol. The van der Waals surface area contributed by atoms with Gasteiger partial charge in [-0.05, 0) is 24.6 Å². The number of thiazole rings is 1. The third-order valence-electron chi connectivity index (χ3n) is 6.11. The van der Waals surface area contributed by atoms with Crippen LogP contribution in [0.1, 0.15) is 6.42 Å². The van der Waals surface area contributed by atoms with Gasteiger partial charge in [-0.15, -0.1) is 11.3 Å². The molecule has 11 heteroatoms. The van der Waals surface area contributed by atoms with Gasteiger partial charge in [-0.2, -0.15) is 4.98 Å². The average Bonchev–Trinajstić information content (AvgIpc) is 3.44. The van der Waals surface area contributed by atoms with E-state index in [2.05, 4.69) is 20.6 Å². The molecule has 3 aromatic heterocycles. The Morgan fingerprint density at radius 1 is 1.14 bits per heavy atom. The first-order chi connectivity index (χ1) is 17.1. The van der Waals surface area contributed by atoms with Crippen molar-refractivity contribution in [2.45, 2.75) is 24.7 Å². The number of ether oxygens (including phenoxy) is 2. The third-order valence-corrected chi connectivity index (χ3v) is 7.18. The van der Waals surface area contributed by atoms with Gasteiger partial charge < -0.3 is 30.3 Å². The lowest BCUT2D eigenvalue weighted by atomic mass is 10.1. The number of benzene rings is 1. The number of pyridine rings is 1. The second kappa shape index (κ2) is 10.1. The molecule has 0 bridgehead atoms. The van der Waals surface area contributed by atoms with Gasteiger partial charge in [0.2, 0.25) is 11.8 Å². The van der Waals surface area contributed by atoms with E-state index in [-0.39, 0.29) is 18.6 Å². The number of hydrogen-bond donors (Lipinski definition) is 4. The SMILES string of the molecule is COc1cc(Nc2ncc(-c3nc4ccccc4s3)c(NC3CC(CO)C(O)C3OC)n2)ccn1. The number of para-hydroxylation sites is 1. The highest BCUT2D eigenvalue weighted by molar-refractivity contribution is 7.21. The summed E-state index contributed by atoms with van der Waals surface area (Å²) in [5, 5.41) is 27.7. The van der Waals surface area contributed by atoms with Crippen molar-refractivity contribution in [1.82, 2.24) is 19.9 Å². The fraction of sp³-hybridized carbons (Fsp3) is 0.333. The van der Waals surface area contributed by atoms with E-state index in [1.54, 1.807) is 50.1 Å². The molecule has 4 aromatic rings. The Morgan fingerprint density at radius 2 is 2.00 bits per heavy atom. The Kier molecular flexibility index (Phi) is 6.73. The lowest BCUT2D eigenvalue weighted by Crippen LogP contribution is -2.37. The van der Waals surface area contributed by atoms with Crippen LogP contribution in [0.5, 0.6) is 5.88 Å². The van der Waals surface area contributed by atoms with Crippen molar-refractivity contribution in [2.75, 3.05) is 31.5 Å². The summed E-state index contributed by atoms with van der Waals surface area (Å²) in [6.07, 6.45) is 2.62. The number of fused-ring (bicyclic) bond motifs is 1. The van der Waals surface area contributed by atoms with E-state index in [1.165, 1.54) is 0 Å². The molecule has 0 saturated heterocycles. The summed E-state index contributed by atoms with van der Waals surface area (Å²) in [4.78, 5) is 18.2.